The number of fused-ring (bicyclic) bond motifs is 1. The highest BCUT2D eigenvalue weighted by Crippen LogP contribution is 2.28. The lowest BCUT2D eigenvalue weighted by Gasteiger charge is -2.08. The van der Waals surface area contributed by atoms with Gasteiger partial charge in [-0.2, -0.15) is 13.3 Å². The standard InChI is InChI=1S/C21H20ClF2N2O/c22-16-7-5-15(6-8-16)19-14-25-13-3-1-2-4-20(25)26(19)17-9-11-18(12-10-17)27-21(23)24/h5-12,14,21H,1-4,13H2/q+1. The summed E-state index contributed by atoms with van der Waals surface area (Å²) < 4.78 is 33.9. The average Bonchev–Trinajstić information content (AvgIpc) is 2.85. The molecule has 1 aliphatic rings. The third kappa shape index (κ3) is 3.83. The van der Waals surface area contributed by atoms with Crippen LogP contribution in [0.5, 0.6) is 5.75 Å². The van der Waals surface area contributed by atoms with E-state index in [0.29, 0.717) is 5.02 Å². The summed E-state index contributed by atoms with van der Waals surface area (Å²) in [4.78, 5) is 0. The molecule has 2 heterocycles. The van der Waals surface area contributed by atoms with Gasteiger partial charge in [0, 0.05) is 17.0 Å². The van der Waals surface area contributed by atoms with Crippen molar-refractivity contribution in [2.75, 3.05) is 0 Å². The van der Waals surface area contributed by atoms with Crippen LogP contribution >= 0.6 is 11.6 Å². The Hall–Kier alpha value is -2.40. The molecule has 3 aromatic rings. The topological polar surface area (TPSA) is 18.0 Å². The predicted molar refractivity (Wildman–Crippen MR) is 101 cm³/mol. The van der Waals surface area contributed by atoms with E-state index in [-0.39, 0.29) is 5.75 Å². The molecule has 6 heteroatoms. The molecule has 2 aromatic carbocycles. The van der Waals surface area contributed by atoms with Crippen molar-refractivity contribution >= 4 is 11.6 Å². The SMILES string of the molecule is FC(F)Oc1ccc(-n2c(-c3ccc(Cl)cc3)c[n+]3c2CCCCC3)cc1. The molecular formula is C21H20ClF2N2O+. The van der Waals surface area contributed by atoms with E-state index in [1.807, 2.05) is 36.4 Å². The van der Waals surface area contributed by atoms with Gasteiger partial charge in [-0.15, -0.1) is 0 Å². The van der Waals surface area contributed by atoms with E-state index in [1.54, 1.807) is 12.1 Å². The van der Waals surface area contributed by atoms with Crippen LogP contribution in [0.3, 0.4) is 0 Å². The molecule has 0 saturated carbocycles. The molecule has 0 fully saturated rings. The van der Waals surface area contributed by atoms with E-state index >= 15 is 0 Å². The fourth-order valence-electron chi connectivity index (χ4n) is 3.63. The van der Waals surface area contributed by atoms with Gasteiger partial charge in [0.2, 0.25) is 0 Å². The number of aryl methyl sites for hydroxylation is 1. The van der Waals surface area contributed by atoms with Crippen LogP contribution in [-0.2, 0) is 13.0 Å². The number of aromatic nitrogens is 2. The Kier molecular flexibility index (Phi) is 5.12. The molecule has 1 aliphatic heterocycles. The Labute approximate surface area is 161 Å². The summed E-state index contributed by atoms with van der Waals surface area (Å²) in [6.07, 6.45) is 6.65. The van der Waals surface area contributed by atoms with Crippen molar-refractivity contribution in [2.45, 2.75) is 38.8 Å². The van der Waals surface area contributed by atoms with Crippen molar-refractivity contribution in [1.29, 1.82) is 0 Å². The Morgan fingerprint density at radius 3 is 2.41 bits per heavy atom. The second-order valence-electron chi connectivity index (χ2n) is 6.65. The summed E-state index contributed by atoms with van der Waals surface area (Å²) in [5, 5.41) is 0.694. The smallest absolute Gasteiger partial charge is 0.387 e. The van der Waals surface area contributed by atoms with Crippen LogP contribution in [0.25, 0.3) is 16.9 Å². The van der Waals surface area contributed by atoms with Gasteiger partial charge in [0.15, 0.2) is 5.69 Å². The minimum atomic E-state index is -2.82. The van der Waals surface area contributed by atoms with Crippen molar-refractivity contribution in [3.63, 3.8) is 0 Å². The van der Waals surface area contributed by atoms with E-state index in [1.165, 1.54) is 12.2 Å². The highest BCUT2D eigenvalue weighted by Gasteiger charge is 2.27. The van der Waals surface area contributed by atoms with E-state index < -0.39 is 6.61 Å². The molecule has 3 nitrogen and oxygen atoms in total. The second kappa shape index (κ2) is 7.69. The predicted octanol–water partition coefficient (Wildman–Crippen LogP) is 5.41. The maximum absolute atomic E-state index is 12.4. The molecule has 0 spiro atoms. The van der Waals surface area contributed by atoms with Crippen LogP contribution in [0.1, 0.15) is 25.1 Å². The summed E-state index contributed by atoms with van der Waals surface area (Å²) in [6, 6.07) is 14.6. The minimum absolute atomic E-state index is 0.160. The highest BCUT2D eigenvalue weighted by atomic mass is 35.5. The molecule has 0 amide bonds. The van der Waals surface area contributed by atoms with Crippen LogP contribution in [0.2, 0.25) is 5.02 Å². The third-order valence-electron chi connectivity index (χ3n) is 4.87. The molecule has 0 atom stereocenters. The molecule has 0 bridgehead atoms. The molecular weight excluding hydrogens is 370 g/mol. The van der Waals surface area contributed by atoms with Crippen LogP contribution in [0.4, 0.5) is 8.78 Å². The fourth-order valence-corrected chi connectivity index (χ4v) is 3.75. The average molecular weight is 390 g/mol. The first kappa shape index (κ1) is 18.0. The van der Waals surface area contributed by atoms with Gasteiger partial charge < -0.3 is 4.74 Å². The summed E-state index contributed by atoms with van der Waals surface area (Å²) in [7, 11) is 0. The number of nitrogens with zero attached hydrogens (tertiary/aromatic N) is 2. The van der Waals surface area contributed by atoms with Crippen molar-refractivity contribution in [3.05, 3.63) is 65.6 Å². The van der Waals surface area contributed by atoms with E-state index in [4.69, 9.17) is 11.6 Å². The minimum Gasteiger partial charge on any atom is -0.435 e. The Morgan fingerprint density at radius 2 is 1.70 bits per heavy atom. The normalized spacial score (nSPS) is 14.1. The van der Waals surface area contributed by atoms with E-state index in [9.17, 15) is 8.78 Å². The lowest BCUT2D eigenvalue weighted by molar-refractivity contribution is -0.702. The van der Waals surface area contributed by atoms with Crippen molar-refractivity contribution in [3.8, 4) is 22.7 Å². The molecule has 0 N–H and O–H groups in total. The van der Waals surface area contributed by atoms with Crippen LogP contribution in [0, 0.1) is 0 Å². The summed E-state index contributed by atoms with van der Waals surface area (Å²) in [5.41, 5.74) is 3.05. The monoisotopic (exact) mass is 389 g/mol. The second-order valence-corrected chi connectivity index (χ2v) is 7.09. The first-order valence-electron chi connectivity index (χ1n) is 9.07. The van der Waals surface area contributed by atoms with Gasteiger partial charge >= 0.3 is 6.61 Å². The summed E-state index contributed by atoms with van der Waals surface area (Å²) in [6.45, 7) is -1.84. The largest absolute Gasteiger partial charge is 0.435 e. The van der Waals surface area contributed by atoms with Crippen LogP contribution in [0.15, 0.2) is 54.7 Å². The summed E-state index contributed by atoms with van der Waals surface area (Å²) >= 11 is 6.05. The fraction of sp³-hybridized carbons (Fsp3) is 0.286. The number of hydrogen-bond donors (Lipinski definition) is 0. The lowest BCUT2D eigenvalue weighted by atomic mass is 10.1. The number of benzene rings is 2. The molecule has 0 saturated heterocycles. The van der Waals surface area contributed by atoms with Crippen molar-refractivity contribution in [1.82, 2.24) is 4.57 Å². The van der Waals surface area contributed by atoms with Gasteiger partial charge in [-0.25, -0.2) is 4.57 Å². The molecule has 4 rings (SSSR count). The van der Waals surface area contributed by atoms with Gasteiger partial charge in [-0.3, -0.25) is 0 Å². The Balaban J connectivity index is 1.82. The maximum Gasteiger partial charge on any atom is 0.387 e. The molecule has 140 valence electrons. The van der Waals surface area contributed by atoms with Crippen LogP contribution < -0.4 is 9.30 Å². The van der Waals surface area contributed by atoms with Crippen LogP contribution in [-0.4, -0.2) is 11.2 Å². The lowest BCUT2D eigenvalue weighted by Crippen LogP contribution is -2.35. The number of hydrogen-bond acceptors (Lipinski definition) is 1. The zero-order chi connectivity index (χ0) is 18.8. The van der Waals surface area contributed by atoms with E-state index in [0.717, 1.165) is 42.8 Å². The number of imidazole rings is 1. The number of rotatable bonds is 4. The number of ether oxygens (including phenoxy) is 1. The number of alkyl halides is 2. The van der Waals surface area contributed by atoms with Gasteiger partial charge in [-0.05, 0) is 67.8 Å². The first-order chi connectivity index (χ1) is 13.1. The summed E-state index contributed by atoms with van der Waals surface area (Å²) in [5.74, 6) is 1.38. The van der Waals surface area contributed by atoms with Gasteiger partial charge in [0.25, 0.3) is 5.82 Å². The van der Waals surface area contributed by atoms with Gasteiger partial charge in [0.1, 0.15) is 17.6 Å². The quantitative estimate of drug-likeness (QED) is 0.545. The molecule has 0 aliphatic carbocycles. The van der Waals surface area contributed by atoms with E-state index in [2.05, 4.69) is 20.1 Å². The maximum atomic E-state index is 12.4. The van der Waals surface area contributed by atoms with Gasteiger partial charge in [-0.1, -0.05) is 11.6 Å². The Bertz CT molecular complexity index is 921. The Morgan fingerprint density at radius 1 is 0.963 bits per heavy atom. The molecule has 1 aromatic heterocycles. The van der Waals surface area contributed by atoms with Gasteiger partial charge in [0.05, 0.1) is 6.54 Å². The third-order valence-corrected chi connectivity index (χ3v) is 5.12. The zero-order valence-electron chi connectivity index (χ0n) is 14.7. The van der Waals surface area contributed by atoms with Crippen molar-refractivity contribution < 1.29 is 18.1 Å². The first-order valence-corrected chi connectivity index (χ1v) is 9.45. The van der Waals surface area contributed by atoms with Crippen molar-refractivity contribution in [2.24, 2.45) is 0 Å². The zero-order valence-corrected chi connectivity index (χ0v) is 15.5. The highest BCUT2D eigenvalue weighted by molar-refractivity contribution is 6.30. The molecule has 0 radical (unpaired) electrons. The number of halogens is 3. The molecule has 0 unspecified atom stereocenters. The molecule has 27 heavy (non-hydrogen) atoms.